The molecule has 4 heterocycles. The minimum atomic E-state index is 0.685. The summed E-state index contributed by atoms with van der Waals surface area (Å²) in [5.41, 5.74) is 6.92. The zero-order valence-corrected chi connectivity index (χ0v) is 15.6. The number of nitrogens with one attached hydrogen (secondary N) is 2. The molecule has 28 heavy (non-hydrogen) atoms. The number of nitrogens with zero attached hydrogens (tertiary/aromatic N) is 5. The molecular weight excluding hydrogens is 354 g/mol. The summed E-state index contributed by atoms with van der Waals surface area (Å²) in [6.07, 6.45) is 3.76. The predicted octanol–water partition coefficient (Wildman–Crippen LogP) is 2.80. The molecule has 1 saturated heterocycles. The van der Waals surface area contributed by atoms with Crippen LogP contribution in [0.1, 0.15) is 11.3 Å². The first-order valence-corrected chi connectivity index (χ1v) is 9.33. The fourth-order valence-electron chi connectivity index (χ4n) is 3.52. The van der Waals surface area contributed by atoms with Crippen molar-refractivity contribution in [2.24, 2.45) is 5.10 Å². The summed E-state index contributed by atoms with van der Waals surface area (Å²) < 4.78 is 7.37. The summed E-state index contributed by atoms with van der Waals surface area (Å²) in [4.78, 5) is 10.2. The van der Waals surface area contributed by atoms with Crippen LogP contribution in [0.5, 0.6) is 0 Å². The van der Waals surface area contributed by atoms with Crippen LogP contribution in [0.2, 0.25) is 0 Å². The number of morpholine rings is 1. The number of aromatic nitrogens is 4. The normalized spacial score (nSPS) is 15.1. The third kappa shape index (κ3) is 3.07. The lowest BCUT2D eigenvalue weighted by molar-refractivity contribution is 0.122. The molecule has 1 aromatic carbocycles. The van der Waals surface area contributed by atoms with Gasteiger partial charge in [-0.1, -0.05) is 18.2 Å². The maximum Gasteiger partial charge on any atom is 0.160 e. The molecule has 0 atom stereocenters. The second kappa shape index (κ2) is 6.97. The number of aromatic amines is 1. The van der Waals surface area contributed by atoms with E-state index in [1.165, 1.54) is 0 Å². The van der Waals surface area contributed by atoms with E-state index >= 15 is 0 Å². The van der Waals surface area contributed by atoms with Gasteiger partial charge in [0.25, 0.3) is 0 Å². The third-order valence-electron chi connectivity index (χ3n) is 4.87. The third-order valence-corrected chi connectivity index (χ3v) is 4.87. The van der Waals surface area contributed by atoms with E-state index in [1.54, 1.807) is 6.21 Å². The lowest BCUT2D eigenvalue weighted by Gasteiger charge is -2.29. The molecule has 1 aliphatic heterocycles. The van der Waals surface area contributed by atoms with Crippen molar-refractivity contribution in [2.75, 3.05) is 36.6 Å². The highest BCUT2D eigenvalue weighted by molar-refractivity contribution is 5.99. The van der Waals surface area contributed by atoms with E-state index in [1.807, 2.05) is 48.0 Å². The van der Waals surface area contributed by atoms with Gasteiger partial charge in [-0.05, 0) is 13.0 Å². The van der Waals surface area contributed by atoms with Gasteiger partial charge in [-0.2, -0.15) is 14.7 Å². The summed E-state index contributed by atoms with van der Waals surface area (Å²) in [6.45, 7) is 5.06. The van der Waals surface area contributed by atoms with Gasteiger partial charge >= 0.3 is 0 Å². The summed E-state index contributed by atoms with van der Waals surface area (Å²) in [6, 6.07) is 12.1. The summed E-state index contributed by atoms with van der Waals surface area (Å²) in [5, 5.41) is 10.1. The number of hydrogen-bond acceptors (Lipinski definition) is 6. The molecule has 0 bridgehead atoms. The Morgan fingerprint density at radius 1 is 1.21 bits per heavy atom. The van der Waals surface area contributed by atoms with Gasteiger partial charge < -0.3 is 14.6 Å². The van der Waals surface area contributed by atoms with Gasteiger partial charge in [-0.3, -0.25) is 5.43 Å². The molecule has 1 fully saturated rings. The summed E-state index contributed by atoms with van der Waals surface area (Å²) in [5.74, 6) is 1.68. The van der Waals surface area contributed by atoms with Crippen molar-refractivity contribution in [3.05, 3.63) is 53.9 Å². The zero-order chi connectivity index (χ0) is 18.9. The molecule has 5 rings (SSSR count). The highest BCUT2D eigenvalue weighted by Crippen LogP contribution is 2.22. The van der Waals surface area contributed by atoms with Crippen LogP contribution in [0.4, 0.5) is 11.6 Å². The van der Waals surface area contributed by atoms with Gasteiger partial charge in [-0.25, -0.2) is 4.98 Å². The number of fused-ring (bicyclic) bond motifs is 2. The van der Waals surface area contributed by atoms with E-state index in [-0.39, 0.29) is 0 Å². The van der Waals surface area contributed by atoms with Crippen molar-refractivity contribution in [2.45, 2.75) is 6.92 Å². The predicted molar refractivity (Wildman–Crippen MR) is 110 cm³/mol. The van der Waals surface area contributed by atoms with Gasteiger partial charge in [0.05, 0.1) is 25.1 Å². The number of benzene rings is 1. The van der Waals surface area contributed by atoms with Crippen molar-refractivity contribution in [3.63, 3.8) is 0 Å². The van der Waals surface area contributed by atoms with Crippen LogP contribution in [-0.4, -0.2) is 52.1 Å². The number of ether oxygens (including phenoxy) is 1. The fourth-order valence-corrected chi connectivity index (χ4v) is 3.52. The first-order valence-electron chi connectivity index (χ1n) is 9.33. The molecule has 4 aromatic rings. The number of anilines is 2. The fraction of sp³-hybridized carbons (Fsp3) is 0.250. The first kappa shape index (κ1) is 16.8. The van der Waals surface area contributed by atoms with Crippen LogP contribution >= 0.6 is 0 Å². The van der Waals surface area contributed by atoms with Crippen LogP contribution in [0.25, 0.3) is 16.6 Å². The van der Waals surface area contributed by atoms with E-state index in [4.69, 9.17) is 4.74 Å². The second-order valence-electron chi connectivity index (χ2n) is 6.81. The lowest BCUT2D eigenvalue weighted by Crippen LogP contribution is -2.37. The Balaban J connectivity index is 1.45. The standard InChI is InChI=1S/C20H21N7O/c1-14-10-19-23-18(11-20(27(19)25-14)26-6-8-28-9-7-26)24-22-13-15-12-21-17-5-3-2-4-16(15)17/h2-5,10-13,21H,6-9H2,1H3,(H,23,24). The first-order chi connectivity index (χ1) is 13.8. The number of hydrazone groups is 1. The minimum absolute atomic E-state index is 0.685. The maximum atomic E-state index is 5.48. The van der Waals surface area contributed by atoms with Gasteiger partial charge in [0.15, 0.2) is 11.5 Å². The molecule has 0 amide bonds. The van der Waals surface area contributed by atoms with Gasteiger partial charge in [0, 0.05) is 47.9 Å². The largest absolute Gasteiger partial charge is 0.378 e. The smallest absolute Gasteiger partial charge is 0.160 e. The van der Waals surface area contributed by atoms with E-state index in [0.717, 1.165) is 46.7 Å². The maximum absolute atomic E-state index is 5.48. The number of aryl methyl sites for hydroxylation is 1. The Morgan fingerprint density at radius 3 is 2.96 bits per heavy atom. The summed E-state index contributed by atoms with van der Waals surface area (Å²) >= 11 is 0. The van der Waals surface area contributed by atoms with Gasteiger partial charge in [0.1, 0.15) is 5.82 Å². The molecule has 8 heteroatoms. The van der Waals surface area contributed by atoms with E-state index in [0.29, 0.717) is 19.0 Å². The molecule has 142 valence electrons. The number of rotatable bonds is 4. The van der Waals surface area contributed by atoms with Crippen LogP contribution in [0.15, 0.2) is 47.7 Å². The highest BCUT2D eigenvalue weighted by Gasteiger charge is 2.17. The monoisotopic (exact) mass is 375 g/mol. The zero-order valence-electron chi connectivity index (χ0n) is 15.6. The Kier molecular flexibility index (Phi) is 4.17. The summed E-state index contributed by atoms with van der Waals surface area (Å²) in [7, 11) is 0. The van der Waals surface area contributed by atoms with E-state index in [9.17, 15) is 0 Å². The van der Waals surface area contributed by atoms with Crippen LogP contribution < -0.4 is 10.3 Å². The molecule has 8 nitrogen and oxygen atoms in total. The number of hydrogen-bond donors (Lipinski definition) is 2. The SMILES string of the molecule is Cc1cc2nc(NN=Cc3c[nH]c4ccccc34)cc(N3CCOCC3)n2n1. The van der Waals surface area contributed by atoms with Crippen LogP contribution in [-0.2, 0) is 4.74 Å². The highest BCUT2D eigenvalue weighted by atomic mass is 16.5. The van der Waals surface area contributed by atoms with Crippen molar-refractivity contribution in [1.82, 2.24) is 19.6 Å². The minimum Gasteiger partial charge on any atom is -0.378 e. The molecule has 1 aliphatic rings. The van der Waals surface area contributed by atoms with Crippen molar-refractivity contribution in [3.8, 4) is 0 Å². The quantitative estimate of drug-likeness (QED) is 0.423. The lowest BCUT2D eigenvalue weighted by atomic mass is 10.2. The van der Waals surface area contributed by atoms with Gasteiger partial charge in [-0.15, -0.1) is 0 Å². The molecule has 3 aromatic heterocycles. The molecule has 0 spiro atoms. The Morgan fingerprint density at radius 2 is 2.07 bits per heavy atom. The van der Waals surface area contributed by atoms with Crippen molar-refractivity contribution < 1.29 is 4.74 Å². The van der Waals surface area contributed by atoms with Crippen LogP contribution in [0, 0.1) is 6.92 Å². The van der Waals surface area contributed by atoms with Crippen molar-refractivity contribution >= 4 is 34.4 Å². The van der Waals surface area contributed by atoms with Crippen LogP contribution in [0.3, 0.4) is 0 Å². The number of para-hydroxylation sites is 1. The van der Waals surface area contributed by atoms with E-state index < -0.39 is 0 Å². The Hall–Kier alpha value is -3.39. The second-order valence-corrected chi connectivity index (χ2v) is 6.81. The Bertz CT molecular complexity index is 1150. The average molecular weight is 375 g/mol. The topological polar surface area (TPSA) is 82.8 Å². The molecule has 2 N–H and O–H groups in total. The van der Waals surface area contributed by atoms with Gasteiger partial charge in [0.2, 0.25) is 0 Å². The Labute approximate surface area is 161 Å². The number of H-pyrrole nitrogens is 1. The molecule has 0 aliphatic carbocycles. The van der Waals surface area contributed by atoms with E-state index in [2.05, 4.69) is 36.6 Å². The van der Waals surface area contributed by atoms with Crippen molar-refractivity contribution in [1.29, 1.82) is 0 Å². The molecular formula is C20H21N7O. The molecule has 0 unspecified atom stereocenters. The molecule has 0 radical (unpaired) electrons. The molecule has 0 saturated carbocycles. The average Bonchev–Trinajstić information content (AvgIpc) is 3.31.